The molecule has 0 aliphatic rings. The van der Waals surface area contributed by atoms with E-state index < -0.39 is 69.5 Å². The predicted octanol–water partition coefficient (Wildman–Crippen LogP) is 6.18. The maximum absolute atomic E-state index is 13.9. The van der Waals surface area contributed by atoms with Crippen molar-refractivity contribution in [3.8, 4) is 10.6 Å². The number of halogens is 8. The number of amides is 1. The highest BCUT2D eigenvalue weighted by Gasteiger charge is 2.37. The van der Waals surface area contributed by atoms with E-state index in [1.807, 2.05) is 0 Å². The van der Waals surface area contributed by atoms with E-state index in [-0.39, 0.29) is 17.6 Å². The number of hydrogen-bond donors (Lipinski definition) is 1. The summed E-state index contributed by atoms with van der Waals surface area (Å²) in [6, 6.07) is 5.20. The molecule has 0 saturated heterocycles. The van der Waals surface area contributed by atoms with Crippen LogP contribution in [0.2, 0.25) is 5.02 Å². The second-order valence-corrected chi connectivity index (χ2v) is 9.02. The van der Waals surface area contributed by atoms with E-state index >= 15 is 0 Å². The van der Waals surface area contributed by atoms with Gasteiger partial charge in [0.25, 0.3) is 5.91 Å². The van der Waals surface area contributed by atoms with Crippen molar-refractivity contribution in [1.82, 2.24) is 24.4 Å². The summed E-state index contributed by atoms with van der Waals surface area (Å²) in [5.41, 5.74) is -3.21. The van der Waals surface area contributed by atoms with E-state index in [0.717, 1.165) is 28.3 Å². The van der Waals surface area contributed by atoms with Gasteiger partial charge >= 0.3 is 6.18 Å². The van der Waals surface area contributed by atoms with Gasteiger partial charge in [0.1, 0.15) is 5.02 Å². The zero-order valence-electron chi connectivity index (χ0n) is 18.3. The van der Waals surface area contributed by atoms with Crippen molar-refractivity contribution in [2.75, 3.05) is 5.32 Å². The fourth-order valence-electron chi connectivity index (χ4n) is 3.50. The molecule has 196 valence electrons. The van der Waals surface area contributed by atoms with Crippen LogP contribution in [0.25, 0.3) is 16.2 Å². The summed E-state index contributed by atoms with van der Waals surface area (Å²) in [6.07, 6.45) is -3.73. The molecule has 1 amide bonds. The molecule has 16 heteroatoms. The fraction of sp³-hybridized carbons (Fsp3) is 0.0909. The second-order valence-electron chi connectivity index (χ2n) is 7.70. The summed E-state index contributed by atoms with van der Waals surface area (Å²) in [6.45, 7) is -0.734. The zero-order valence-corrected chi connectivity index (χ0v) is 19.9. The Labute approximate surface area is 216 Å². The lowest BCUT2D eigenvalue weighted by Gasteiger charge is -2.10. The molecule has 4 aromatic heterocycles. The highest BCUT2D eigenvalue weighted by Crippen LogP contribution is 2.35. The average Bonchev–Trinajstić information content (AvgIpc) is 3.61. The largest absolute Gasteiger partial charge is 0.433 e. The number of rotatable bonds is 5. The molecule has 0 bridgehead atoms. The molecule has 0 radical (unpaired) electrons. The molecule has 7 nitrogen and oxygen atoms in total. The number of anilines is 1. The highest BCUT2D eigenvalue weighted by molar-refractivity contribution is 7.13. The standard InChI is InChI=1S/C22H10ClF7N6OS/c23-16-19(34-36-14(22(28,29)30)7-12(31-20(16)36)13-2-1-5-38-13)21(37)32-15-3-4-35(33-15)8-9-17(26)10(24)6-11(25)18(9)27/h1-7H,8H2,(H,32,33,37). The van der Waals surface area contributed by atoms with E-state index in [9.17, 15) is 35.5 Å². The molecule has 0 saturated carbocycles. The number of nitrogens with zero attached hydrogens (tertiary/aromatic N) is 5. The lowest BCUT2D eigenvalue weighted by molar-refractivity contribution is -0.142. The molecule has 38 heavy (non-hydrogen) atoms. The number of aromatic nitrogens is 5. The van der Waals surface area contributed by atoms with E-state index in [0.29, 0.717) is 9.39 Å². The van der Waals surface area contributed by atoms with Crippen LogP contribution in [0.1, 0.15) is 21.7 Å². The maximum Gasteiger partial charge on any atom is 0.433 e. The predicted molar refractivity (Wildman–Crippen MR) is 122 cm³/mol. The van der Waals surface area contributed by atoms with Gasteiger partial charge in [0.05, 0.1) is 22.7 Å². The van der Waals surface area contributed by atoms with Crippen molar-refractivity contribution in [3.05, 3.63) is 87.2 Å². The van der Waals surface area contributed by atoms with Crippen LogP contribution < -0.4 is 5.32 Å². The van der Waals surface area contributed by atoms with Crippen LogP contribution in [0.4, 0.5) is 36.6 Å². The third-order valence-electron chi connectivity index (χ3n) is 5.22. The van der Waals surface area contributed by atoms with Crippen LogP contribution in [0.15, 0.2) is 41.9 Å². The molecule has 5 aromatic rings. The van der Waals surface area contributed by atoms with Crippen LogP contribution in [-0.4, -0.2) is 30.3 Å². The smallest absolute Gasteiger partial charge is 0.304 e. The molecule has 1 N–H and O–H groups in total. The third-order valence-corrected chi connectivity index (χ3v) is 6.46. The van der Waals surface area contributed by atoms with Crippen LogP contribution in [0.3, 0.4) is 0 Å². The number of nitrogens with one attached hydrogen (secondary N) is 1. The van der Waals surface area contributed by atoms with Gasteiger partial charge in [0, 0.05) is 18.3 Å². The first-order chi connectivity index (χ1) is 17.9. The Morgan fingerprint density at radius 3 is 2.39 bits per heavy atom. The zero-order chi connectivity index (χ0) is 27.4. The first-order valence-electron chi connectivity index (χ1n) is 10.3. The van der Waals surface area contributed by atoms with E-state index in [2.05, 4.69) is 20.5 Å². The van der Waals surface area contributed by atoms with Crippen molar-refractivity contribution in [2.45, 2.75) is 12.7 Å². The van der Waals surface area contributed by atoms with Crippen molar-refractivity contribution in [2.24, 2.45) is 0 Å². The Kier molecular flexibility index (Phi) is 6.35. The molecule has 0 unspecified atom stereocenters. The normalized spacial score (nSPS) is 11.9. The molecule has 0 atom stereocenters. The van der Waals surface area contributed by atoms with Crippen molar-refractivity contribution in [1.29, 1.82) is 0 Å². The van der Waals surface area contributed by atoms with Gasteiger partial charge in [-0.1, -0.05) is 17.7 Å². The van der Waals surface area contributed by atoms with Crippen molar-refractivity contribution >= 4 is 40.3 Å². The molecular weight excluding hydrogens is 565 g/mol. The third kappa shape index (κ3) is 4.58. The van der Waals surface area contributed by atoms with E-state index in [1.165, 1.54) is 6.07 Å². The van der Waals surface area contributed by atoms with Gasteiger partial charge in [-0.15, -0.1) is 11.3 Å². The van der Waals surface area contributed by atoms with Gasteiger partial charge in [0.15, 0.2) is 46.1 Å². The van der Waals surface area contributed by atoms with Crippen molar-refractivity contribution in [3.63, 3.8) is 0 Å². The first kappa shape index (κ1) is 25.7. The van der Waals surface area contributed by atoms with Crippen LogP contribution in [0.5, 0.6) is 0 Å². The summed E-state index contributed by atoms with van der Waals surface area (Å²) < 4.78 is 97.4. The molecule has 0 fully saturated rings. The second kappa shape index (κ2) is 9.40. The fourth-order valence-corrected chi connectivity index (χ4v) is 4.44. The summed E-state index contributed by atoms with van der Waals surface area (Å²) in [5, 5.41) is 11.0. The number of alkyl halides is 3. The van der Waals surface area contributed by atoms with Crippen LogP contribution in [0, 0.1) is 23.3 Å². The number of carbonyl (C=O) groups excluding carboxylic acids is 1. The molecule has 1 aromatic carbocycles. The number of thiophene rings is 1. The van der Waals surface area contributed by atoms with E-state index in [4.69, 9.17) is 11.6 Å². The van der Waals surface area contributed by atoms with Gasteiger partial charge in [-0.2, -0.15) is 23.4 Å². The van der Waals surface area contributed by atoms with Gasteiger partial charge in [-0.25, -0.2) is 27.1 Å². The minimum atomic E-state index is -4.87. The molecule has 0 aliphatic carbocycles. The lowest BCUT2D eigenvalue weighted by atomic mass is 10.2. The highest BCUT2D eigenvalue weighted by atomic mass is 35.5. The lowest BCUT2D eigenvalue weighted by Crippen LogP contribution is -2.16. The van der Waals surface area contributed by atoms with Gasteiger partial charge < -0.3 is 5.32 Å². The van der Waals surface area contributed by atoms with Crippen molar-refractivity contribution < 1.29 is 35.5 Å². The van der Waals surface area contributed by atoms with Gasteiger partial charge in [0.2, 0.25) is 0 Å². The first-order valence-corrected chi connectivity index (χ1v) is 11.6. The van der Waals surface area contributed by atoms with Crippen LogP contribution in [-0.2, 0) is 12.7 Å². The van der Waals surface area contributed by atoms with Gasteiger partial charge in [-0.05, 0) is 17.5 Å². The number of hydrogen-bond acceptors (Lipinski definition) is 5. The Bertz CT molecular complexity index is 1670. The Hall–Kier alpha value is -3.98. The SMILES string of the molecule is O=C(Nc1ccn(Cc2c(F)c(F)cc(F)c2F)n1)c1nn2c(C(F)(F)F)cc(-c3cccs3)nc2c1Cl. The Balaban J connectivity index is 1.46. The number of fused-ring (bicyclic) bond motifs is 1. The summed E-state index contributed by atoms with van der Waals surface area (Å²) in [7, 11) is 0. The van der Waals surface area contributed by atoms with Gasteiger partial charge in [-0.3, -0.25) is 9.48 Å². The molecule has 5 rings (SSSR count). The van der Waals surface area contributed by atoms with E-state index in [1.54, 1.807) is 17.5 Å². The Morgan fingerprint density at radius 2 is 1.76 bits per heavy atom. The summed E-state index contributed by atoms with van der Waals surface area (Å²) in [4.78, 5) is 17.4. The van der Waals surface area contributed by atoms with Crippen LogP contribution >= 0.6 is 22.9 Å². The molecule has 4 heterocycles. The molecular formula is C22H10ClF7N6OS. The molecule has 0 spiro atoms. The quantitative estimate of drug-likeness (QED) is 0.201. The minimum absolute atomic E-state index is 0.0272. The maximum atomic E-state index is 13.9. The Morgan fingerprint density at radius 1 is 1.05 bits per heavy atom. The summed E-state index contributed by atoms with van der Waals surface area (Å²) in [5.74, 6) is -7.72. The topological polar surface area (TPSA) is 77.1 Å². The minimum Gasteiger partial charge on any atom is -0.304 e. The monoisotopic (exact) mass is 574 g/mol. The molecule has 0 aliphatic heterocycles. The summed E-state index contributed by atoms with van der Waals surface area (Å²) >= 11 is 7.35. The number of carbonyl (C=O) groups is 1. The number of benzene rings is 1. The average molecular weight is 575 g/mol.